The summed E-state index contributed by atoms with van der Waals surface area (Å²) in [6.07, 6.45) is 4.76. The fourth-order valence-electron chi connectivity index (χ4n) is 5.86. The van der Waals surface area contributed by atoms with Gasteiger partial charge in [0, 0.05) is 42.3 Å². The SMILES string of the molecule is Cc1ccc2c(N)c(C(=O)N[C@H]3CCc4c(ccc(N5CC6CCC(C5)N6)c4C#N)C3)sc2n1. The lowest BCUT2D eigenvalue weighted by molar-refractivity contribution is 0.0938. The van der Waals surface area contributed by atoms with Crippen LogP contribution in [0.4, 0.5) is 11.4 Å². The minimum Gasteiger partial charge on any atom is -0.397 e. The van der Waals surface area contributed by atoms with E-state index < -0.39 is 0 Å². The van der Waals surface area contributed by atoms with E-state index in [9.17, 15) is 10.1 Å². The fourth-order valence-corrected chi connectivity index (χ4v) is 6.90. The summed E-state index contributed by atoms with van der Waals surface area (Å²) in [5.74, 6) is -0.139. The number of carbonyl (C=O) groups is 1. The summed E-state index contributed by atoms with van der Waals surface area (Å²) in [5, 5.41) is 17.7. The molecule has 3 aliphatic rings. The lowest BCUT2D eigenvalue weighted by Crippen LogP contribution is -2.51. The lowest BCUT2D eigenvalue weighted by Gasteiger charge is -2.36. The Morgan fingerprint density at radius 3 is 2.79 bits per heavy atom. The van der Waals surface area contributed by atoms with Gasteiger partial charge in [-0.2, -0.15) is 5.26 Å². The maximum atomic E-state index is 13.1. The molecule has 4 heterocycles. The number of hydrogen-bond acceptors (Lipinski definition) is 7. The van der Waals surface area contributed by atoms with Crippen LogP contribution in [0.1, 0.15) is 51.3 Å². The number of nitrogens with one attached hydrogen (secondary N) is 2. The molecule has 1 aliphatic carbocycles. The van der Waals surface area contributed by atoms with Crippen LogP contribution in [0.2, 0.25) is 0 Å². The van der Waals surface area contributed by atoms with Crippen molar-refractivity contribution < 1.29 is 4.79 Å². The first-order chi connectivity index (χ1) is 16.5. The largest absolute Gasteiger partial charge is 0.397 e. The molecule has 2 saturated heterocycles. The number of piperazine rings is 1. The maximum Gasteiger partial charge on any atom is 0.263 e. The van der Waals surface area contributed by atoms with Crippen molar-refractivity contribution in [2.24, 2.45) is 0 Å². The van der Waals surface area contributed by atoms with E-state index in [2.05, 4.69) is 38.7 Å². The average Bonchev–Trinajstić information content (AvgIpc) is 3.35. The molecule has 3 atom stereocenters. The van der Waals surface area contributed by atoms with Crippen LogP contribution in [-0.2, 0) is 12.8 Å². The van der Waals surface area contributed by atoms with E-state index in [-0.39, 0.29) is 11.9 Å². The molecular weight excluding hydrogens is 444 g/mol. The Hall–Kier alpha value is -3.15. The van der Waals surface area contributed by atoms with Crippen molar-refractivity contribution in [1.82, 2.24) is 15.6 Å². The molecule has 34 heavy (non-hydrogen) atoms. The number of aromatic nitrogens is 1. The molecule has 3 aromatic rings. The first-order valence-electron chi connectivity index (χ1n) is 12.0. The van der Waals surface area contributed by atoms with Crippen molar-refractivity contribution in [3.8, 4) is 6.07 Å². The Bertz CT molecular complexity index is 1330. The number of nitriles is 1. The van der Waals surface area contributed by atoms with Crippen molar-refractivity contribution in [3.63, 3.8) is 0 Å². The van der Waals surface area contributed by atoms with Crippen molar-refractivity contribution in [2.75, 3.05) is 23.7 Å². The van der Waals surface area contributed by atoms with Gasteiger partial charge in [0.2, 0.25) is 0 Å². The van der Waals surface area contributed by atoms with E-state index in [0.717, 1.165) is 70.6 Å². The highest BCUT2D eigenvalue weighted by atomic mass is 32.1. The topological polar surface area (TPSA) is 107 Å². The smallest absolute Gasteiger partial charge is 0.263 e. The molecule has 2 aliphatic heterocycles. The second-order valence-corrected chi connectivity index (χ2v) is 10.8. The van der Waals surface area contributed by atoms with Gasteiger partial charge in [-0.25, -0.2) is 4.98 Å². The third-order valence-electron chi connectivity index (χ3n) is 7.54. The quantitative estimate of drug-likeness (QED) is 0.540. The number of nitrogens with zero attached hydrogens (tertiary/aromatic N) is 3. The molecule has 8 heteroatoms. The Morgan fingerprint density at radius 1 is 1.24 bits per heavy atom. The molecule has 2 aromatic heterocycles. The normalized spacial score (nSPS) is 23.5. The maximum absolute atomic E-state index is 13.1. The van der Waals surface area contributed by atoms with E-state index in [1.54, 1.807) is 0 Å². The monoisotopic (exact) mass is 472 g/mol. The summed E-state index contributed by atoms with van der Waals surface area (Å²) in [7, 11) is 0. The van der Waals surface area contributed by atoms with Gasteiger partial charge in [0.25, 0.3) is 5.91 Å². The molecule has 2 bridgehead atoms. The Labute approximate surface area is 203 Å². The lowest BCUT2D eigenvalue weighted by atomic mass is 9.84. The zero-order valence-corrected chi connectivity index (χ0v) is 20.0. The van der Waals surface area contributed by atoms with Gasteiger partial charge in [-0.05, 0) is 68.4 Å². The summed E-state index contributed by atoms with van der Waals surface area (Å²) in [6.45, 7) is 3.86. The number of pyridine rings is 1. The minimum atomic E-state index is -0.139. The Balaban J connectivity index is 1.21. The molecule has 1 amide bonds. The molecule has 174 valence electrons. The van der Waals surface area contributed by atoms with Gasteiger partial charge < -0.3 is 21.3 Å². The first kappa shape index (κ1) is 21.4. The number of thiophene rings is 1. The van der Waals surface area contributed by atoms with Crippen molar-refractivity contribution in [3.05, 3.63) is 51.5 Å². The number of nitrogens with two attached hydrogens (primary N) is 1. The van der Waals surface area contributed by atoms with E-state index >= 15 is 0 Å². The highest BCUT2D eigenvalue weighted by Crippen LogP contribution is 2.35. The molecule has 6 rings (SSSR count). The second kappa shape index (κ2) is 8.26. The van der Waals surface area contributed by atoms with Crippen molar-refractivity contribution >= 4 is 38.8 Å². The Kier molecular flexibility index (Phi) is 5.19. The predicted octanol–water partition coefficient (Wildman–Crippen LogP) is 3.29. The van der Waals surface area contributed by atoms with Crippen molar-refractivity contribution in [1.29, 1.82) is 5.26 Å². The number of rotatable bonds is 3. The third kappa shape index (κ3) is 3.60. The molecule has 4 N–H and O–H groups in total. The van der Waals surface area contributed by atoms with Gasteiger partial charge in [-0.15, -0.1) is 11.3 Å². The van der Waals surface area contributed by atoms with Gasteiger partial charge in [-0.3, -0.25) is 4.79 Å². The zero-order chi connectivity index (χ0) is 23.4. The number of amides is 1. The van der Waals surface area contributed by atoms with Crippen LogP contribution in [-0.4, -0.2) is 42.1 Å². The second-order valence-electron chi connectivity index (χ2n) is 9.82. The summed E-state index contributed by atoms with van der Waals surface area (Å²) >= 11 is 1.35. The van der Waals surface area contributed by atoms with Crippen molar-refractivity contribution in [2.45, 2.75) is 57.2 Å². The average molecular weight is 473 g/mol. The number of nitrogen functional groups attached to an aromatic ring is 1. The van der Waals surface area contributed by atoms with Gasteiger partial charge >= 0.3 is 0 Å². The van der Waals surface area contributed by atoms with Gasteiger partial charge in [0.1, 0.15) is 15.8 Å². The number of anilines is 2. The molecule has 0 radical (unpaired) electrons. The van der Waals surface area contributed by atoms with E-state index in [4.69, 9.17) is 5.73 Å². The van der Waals surface area contributed by atoms with Gasteiger partial charge in [-0.1, -0.05) is 6.07 Å². The van der Waals surface area contributed by atoms with Crippen LogP contribution in [0.3, 0.4) is 0 Å². The summed E-state index contributed by atoms with van der Waals surface area (Å²) in [4.78, 5) is 21.3. The van der Waals surface area contributed by atoms with E-state index in [1.165, 1.54) is 24.2 Å². The fraction of sp³-hybridized carbons (Fsp3) is 0.423. The van der Waals surface area contributed by atoms with Crippen LogP contribution in [0.15, 0.2) is 24.3 Å². The number of aryl methyl sites for hydroxylation is 1. The highest BCUT2D eigenvalue weighted by Gasteiger charge is 2.34. The van der Waals surface area contributed by atoms with Gasteiger partial charge in [0.05, 0.1) is 16.9 Å². The third-order valence-corrected chi connectivity index (χ3v) is 8.65. The van der Waals surface area contributed by atoms with Gasteiger partial charge in [0.15, 0.2) is 0 Å². The summed E-state index contributed by atoms with van der Waals surface area (Å²) < 4.78 is 0. The van der Waals surface area contributed by atoms with E-state index in [1.807, 2.05) is 19.1 Å². The summed E-state index contributed by atoms with van der Waals surface area (Å²) in [6, 6.07) is 11.7. The number of benzene rings is 1. The summed E-state index contributed by atoms with van der Waals surface area (Å²) in [5.41, 5.74) is 11.9. The molecule has 2 unspecified atom stereocenters. The van der Waals surface area contributed by atoms with Crippen LogP contribution >= 0.6 is 11.3 Å². The van der Waals surface area contributed by atoms with E-state index in [0.29, 0.717) is 22.6 Å². The Morgan fingerprint density at radius 2 is 2.03 bits per heavy atom. The van der Waals surface area contributed by atoms with Crippen LogP contribution < -0.4 is 21.3 Å². The number of hydrogen-bond donors (Lipinski definition) is 3. The number of fused-ring (bicyclic) bond motifs is 4. The predicted molar refractivity (Wildman–Crippen MR) is 135 cm³/mol. The molecule has 0 spiro atoms. The molecule has 2 fully saturated rings. The zero-order valence-electron chi connectivity index (χ0n) is 19.2. The number of carbonyl (C=O) groups excluding carboxylic acids is 1. The molecule has 0 saturated carbocycles. The minimum absolute atomic E-state index is 0.0201. The molecule has 7 nitrogen and oxygen atoms in total. The standard InChI is InChI=1S/C26H28N6OS/c1-14-2-7-20-23(28)24(34-26(20)29-14)25(33)31-16-6-8-19-15(10-16)3-9-22(21(19)11-27)32-12-17-4-5-18(13-32)30-17/h2-3,7,9,16-18,30H,4-6,8,10,12-13,28H2,1H3,(H,31,33)/t16-,17?,18?/m0/s1. The molecule has 1 aromatic carbocycles. The van der Waals surface area contributed by atoms with Crippen LogP contribution in [0, 0.1) is 18.3 Å². The molecular formula is C26H28N6OS. The van der Waals surface area contributed by atoms with Crippen LogP contribution in [0.5, 0.6) is 0 Å². The van der Waals surface area contributed by atoms with Crippen LogP contribution in [0.25, 0.3) is 10.2 Å². The highest BCUT2D eigenvalue weighted by molar-refractivity contribution is 7.21. The first-order valence-corrected chi connectivity index (χ1v) is 12.8.